The van der Waals surface area contributed by atoms with E-state index in [0.717, 1.165) is 18.0 Å². The fraction of sp³-hybridized carbons (Fsp3) is 1.00. The molecule has 96 valence electrons. The summed E-state index contributed by atoms with van der Waals surface area (Å²) in [7, 11) is 0. The van der Waals surface area contributed by atoms with Crippen molar-refractivity contribution in [2.75, 3.05) is 26.2 Å². The highest BCUT2D eigenvalue weighted by Crippen LogP contribution is 2.16. The lowest BCUT2D eigenvalue weighted by Gasteiger charge is -2.44. The van der Waals surface area contributed by atoms with Gasteiger partial charge in [0.05, 0.1) is 0 Å². The van der Waals surface area contributed by atoms with Crippen LogP contribution < -0.4 is 0 Å². The highest BCUT2D eigenvalue weighted by atomic mass is 15.3. The molecule has 0 radical (unpaired) electrons. The van der Waals surface area contributed by atoms with Gasteiger partial charge in [0, 0.05) is 25.2 Å². The Kier molecular flexibility index (Phi) is 5.77. The van der Waals surface area contributed by atoms with Gasteiger partial charge in [-0.15, -0.1) is 0 Å². The number of piperazine rings is 1. The van der Waals surface area contributed by atoms with Crippen molar-refractivity contribution in [1.82, 2.24) is 9.80 Å². The van der Waals surface area contributed by atoms with E-state index in [0.29, 0.717) is 0 Å². The van der Waals surface area contributed by atoms with Crippen molar-refractivity contribution >= 4 is 0 Å². The Bertz CT molecular complexity index is 179. The minimum atomic E-state index is 0.729. The molecule has 1 aliphatic heterocycles. The van der Waals surface area contributed by atoms with E-state index in [1.165, 1.54) is 39.0 Å². The van der Waals surface area contributed by atoms with Crippen LogP contribution >= 0.6 is 0 Å². The van der Waals surface area contributed by atoms with Crippen LogP contribution in [-0.2, 0) is 0 Å². The molecule has 0 aromatic heterocycles. The molecule has 1 heterocycles. The summed E-state index contributed by atoms with van der Waals surface area (Å²) in [5.74, 6) is 0.853. The number of hydrogen-bond acceptors (Lipinski definition) is 2. The fourth-order valence-electron chi connectivity index (χ4n) is 3.00. The molecule has 2 atom stereocenters. The van der Waals surface area contributed by atoms with Crippen LogP contribution in [0.25, 0.3) is 0 Å². The Labute approximate surface area is 102 Å². The topological polar surface area (TPSA) is 6.48 Å². The zero-order chi connectivity index (χ0) is 12.1. The van der Waals surface area contributed by atoms with Gasteiger partial charge in [-0.05, 0) is 45.7 Å². The molecule has 0 bridgehead atoms. The lowest BCUT2D eigenvalue weighted by molar-refractivity contribution is 0.0421. The first-order valence-corrected chi connectivity index (χ1v) is 7.02. The zero-order valence-corrected chi connectivity index (χ0v) is 11.9. The highest BCUT2D eigenvalue weighted by Gasteiger charge is 2.27. The maximum atomic E-state index is 2.66. The van der Waals surface area contributed by atoms with Crippen LogP contribution in [0.5, 0.6) is 0 Å². The largest absolute Gasteiger partial charge is 0.300 e. The third-order valence-electron chi connectivity index (χ3n) is 3.80. The molecular weight excluding hydrogens is 196 g/mol. The van der Waals surface area contributed by atoms with Gasteiger partial charge >= 0.3 is 0 Å². The average molecular weight is 226 g/mol. The molecule has 2 nitrogen and oxygen atoms in total. The van der Waals surface area contributed by atoms with E-state index in [4.69, 9.17) is 0 Å². The van der Waals surface area contributed by atoms with Crippen molar-refractivity contribution in [3.8, 4) is 0 Å². The van der Waals surface area contributed by atoms with E-state index < -0.39 is 0 Å². The van der Waals surface area contributed by atoms with Gasteiger partial charge in [0.1, 0.15) is 0 Å². The van der Waals surface area contributed by atoms with Crippen molar-refractivity contribution in [2.24, 2.45) is 5.92 Å². The molecule has 1 saturated heterocycles. The van der Waals surface area contributed by atoms with E-state index in [2.05, 4.69) is 44.4 Å². The quantitative estimate of drug-likeness (QED) is 0.711. The molecular formula is C14H30N2. The van der Waals surface area contributed by atoms with Crippen LogP contribution in [0.4, 0.5) is 0 Å². The van der Waals surface area contributed by atoms with Crippen molar-refractivity contribution in [1.29, 1.82) is 0 Å². The van der Waals surface area contributed by atoms with Crippen LogP contribution in [0.15, 0.2) is 0 Å². The highest BCUT2D eigenvalue weighted by molar-refractivity contribution is 4.84. The molecule has 0 spiro atoms. The summed E-state index contributed by atoms with van der Waals surface area (Å²) in [5, 5.41) is 0. The monoisotopic (exact) mass is 226 g/mol. The predicted molar refractivity (Wildman–Crippen MR) is 71.8 cm³/mol. The van der Waals surface area contributed by atoms with Crippen LogP contribution in [0.1, 0.15) is 47.5 Å². The second-order valence-corrected chi connectivity index (χ2v) is 5.82. The molecule has 0 aromatic carbocycles. The summed E-state index contributed by atoms with van der Waals surface area (Å²) in [6.07, 6.45) is 2.74. The van der Waals surface area contributed by atoms with Gasteiger partial charge in [0.2, 0.25) is 0 Å². The molecule has 0 aromatic rings. The summed E-state index contributed by atoms with van der Waals surface area (Å²) >= 11 is 0. The van der Waals surface area contributed by atoms with E-state index in [9.17, 15) is 0 Å². The van der Waals surface area contributed by atoms with Gasteiger partial charge in [0.25, 0.3) is 0 Å². The summed E-state index contributed by atoms with van der Waals surface area (Å²) in [5.41, 5.74) is 0. The third-order valence-corrected chi connectivity index (χ3v) is 3.80. The normalized spacial score (nSPS) is 28.9. The molecule has 0 saturated carbocycles. The van der Waals surface area contributed by atoms with Gasteiger partial charge in [-0.25, -0.2) is 0 Å². The first-order valence-electron chi connectivity index (χ1n) is 7.02. The van der Waals surface area contributed by atoms with E-state index in [-0.39, 0.29) is 0 Å². The third kappa shape index (κ3) is 4.06. The maximum Gasteiger partial charge on any atom is 0.0198 e. The van der Waals surface area contributed by atoms with Gasteiger partial charge in [0.15, 0.2) is 0 Å². The fourth-order valence-corrected chi connectivity index (χ4v) is 3.00. The number of rotatable bonds is 5. The Balaban J connectivity index is 2.30. The Morgan fingerprint density at radius 3 is 2.12 bits per heavy atom. The number of nitrogens with zero attached hydrogens (tertiary/aromatic N) is 2. The molecule has 0 unspecified atom stereocenters. The molecule has 1 rings (SSSR count). The first kappa shape index (κ1) is 14.0. The Hall–Kier alpha value is -0.0800. The smallest absolute Gasteiger partial charge is 0.0198 e. The van der Waals surface area contributed by atoms with Crippen molar-refractivity contribution in [2.45, 2.75) is 59.5 Å². The standard InChI is InChI=1S/C14H30N2/c1-6-16-13(4)10-15(11-14(16)5)9-7-8-12(2)3/h12-14H,6-11H2,1-5H3/t13-,14+. The molecule has 1 aliphatic rings. The summed E-state index contributed by atoms with van der Waals surface area (Å²) in [6.45, 7) is 16.7. The molecule has 0 N–H and O–H groups in total. The lowest BCUT2D eigenvalue weighted by atomic mass is 10.1. The minimum Gasteiger partial charge on any atom is -0.300 e. The molecule has 0 aliphatic carbocycles. The van der Waals surface area contributed by atoms with E-state index >= 15 is 0 Å². The minimum absolute atomic E-state index is 0.729. The molecule has 1 fully saturated rings. The van der Waals surface area contributed by atoms with Gasteiger partial charge in [-0.3, -0.25) is 4.90 Å². The SMILES string of the molecule is CCN1[C@H](C)CN(CCCC(C)C)C[C@@H]1C. The van der Waals surface area contributed by atoms with Gasteiger partial charge < -0.3 is 4.90 Å². The Morgan fingerprint density at radius 1 is 1.12 bits per heavy atom. The van der Waals surface area contributed by atoms with Gasteiger partial charge in [-0.1, -0.05) is 20.8 Å². The predicted octanol–water partition coefficient (Wildman–Crippen LogP) is 2.84. The number of likely N-dealkylation sites (N-methyl/N-ethyl adjacent to an activating group) is 1. The second kappa shape index (κ2) is 6.61. The zero-order valence-electron chi connectivity index (χ0n) is 11.9. The average Bonchev–Trinajstić information content (AvgIpc) is 2.16. The first-order chi connectivity index (χ1) is 7.54. The van der Waals surface area contributed by atoms with Crippen LogP contribution in [0.3, 0.4) is 0 Å². The summed E-state index contributed by atoms with van der Waals surface area (Å²) in [4.78, 5) is 5.28. The molecule has 2 heteroatoms. The van der Waals surface area contributed by atoms with Crippen LogP contribution in [0, 0.1) is 5.92 Å². The molecule has 16 heavy (non-hydrogen) atoms. The van der Waals surface area contributed by atoms with E-state index in [1.807, 2.05) is 0 Å². The maximum absolute atomic E-state index is 2.66. The van der Waals surface area contributed by atoms with Gasteiger partial charge in [-0.2, -0.15) is 0 Å². The second-order valence-electron chi connectivity index (χ2n) is 5.82. The summed E-state index contributed by atoms with van der Waals surface area (Å²) in [6, 6.07) is 1.46. The molecule has 0 amide bonds. The van der Waals surface area contributed by atoms with Crippen LogP contribution in [0.2, 0.25) is 0 Å². The van der Waals surface area contributed by atoms with E-state index in [1.54, 1.807) is 0 Å². The van der Waals surface area contributed by atoms with Crippen LogP contribution in [-0.4, -0.2) is 48.1 Å². The van der Waals surface area contributed by atoms with Crippen molar-refractivity contribution < 1.29 is 0 Å². The summed E-state index contributed by atoms with van der Waals surface area (Å²) < 4.78 is 0. The van der Waals surface area contributed by atoms with Crippen molar-refractivity contribution in [3.05, 3.63) is 0 Å². The number of hydrogen-bond donors (Lipinski definition) is 0. The Morgan fingerprint density at radius 2 is 1.69 bits per heavy atom. The lowest BCUT2D eigenvalue weighted by Crippen LogP contribution is -2.56. The van der Waals surface area contributed by atoms with Crippen molar-refractivity contribution in [3.63, 3.8) is 0 Å².